The maximum Gasteiger partial charge on any atom is 0.306 e. The van der Waals surface area contributed by atoms with Crippen LogP contribution in [0.2, 0.25) is 0 Å². The van der Waals surface area contributed by atoms with E-state index in [1.54, 1.807) is 0 Å². The number of hydrogen-bond acceptors (Lipinski definition) is 2. The molecule has 0 spiro atoms. The van der Waals surface area contributed by atoms with Gasteiger partial charge in [-0.15, -0.1) is 0 Å². The fourth-order valence-electron chi connectivity index (χ4n) is 4.12. The highest BCUT2D eigenvalue weighted by Gasteiger charge is 2.50. The molecule has 0 saturated heterocycles. The minimum absolute atomic E-state index is 0.180. The third-order valence-corrected chi connectivity index (χ3v) is 5.86. The Morgan fingerprint density at radius 2 is 1.58 bits per heavy atom. The monoisotopic (exact) mass is 340 g/mol. The van der Waals surface area contributed by atoms with Crippen LogP contribution in [0.3, 0.4) is 0 Å². The molecule has 1 aliphatic rings. The molecule has 4 heteroatoms. The van der Waals surface area contributed by atoms with Gasteiger partial charge >= 0.3 is 11.9 Å². The van der Waals surface area contributed by atoms with Gasteiger partial charge in [0.1, 0.15) is 0 Å². The maximum atomic E-state index is 11.5. The molecule has 0 aromatic heterocycles. The third-order valence-electron chi connectivity index (χ3n) is 5.86. The predicted octanol–water partition coefficient (Wildman–Crippen LogP) is 5.50. The molecule has 0 amide bonds. The summed E-state index contributed by atoms with van der Waals surface area (Å²) in [4.78, 5) is 22.2. The molecule has 0 bridgehead atoms. The lowest BCUT2D eigenvalue weighted by atomic mass is 9.74. The molecule has 2 unspecified atom stereocenters. The topological polar surface area (TPSA) is 74.6 Å². The van der Waals surface area contributed by atoms with Crippen LogP contribution in [0.15, 0.2) is 0 Å². The highest BCUT2D eigenvalue weighted by Crippen LogP contribution is 2.59. The van der Waals surface area contributed by atoms with Crippen molar-refractivity contribution in [1.82, 2.24) is 0 Å². The normalized spacial score (nSPS) is 18.1. The van der Waals surface area contributed by atoms with Crippen LogP contribution in [-0.2, 0) is 9.59 Å². The van der Waals surface area contributed by atoms with Gasteiger partial charge in [0.2, 0.25) is 0 Å². The molecule has 0 heterocycles. The van der Waals surface area contributed by atoms with Crippen LogP contribution >= 0.6 is 0 Å². The molecule has 2 atom stereocenters. The average molecular weight is 341 g/mol. The SMILES string of the molecule is CCCCCCCCC(C(C)C(=O)O)C1(CCCCC(=O)O)CC1. The second kappa shape index (κ2) is 10.7. The van der Waals surface area contributed by atoms with E-state index >= 15 is 0 Å². The van der Waals surface area contributed by atoms with Crippen LogP contribution in [0.25, 0.3) is 0 Å². The molecular weight excluding hydrogens is 304 g/mol. The summed E-state index contributed by atoms with van der Waals surface area (Å²) in [7, 11) is 0. The Bertz CT molecular complexity index is 387. The van der Waals surface area contributed by atoms with Crippen LogP contribution in [0, 0.1) is 17.3 Å². The van der Waals surface area contributed by atoms with Crippen molar-refractivity contribution >= 4 is 11.9 Å². The summed E-state index contributed by atoms with van der Waals surface area (Å²) in [6.45, 7) is 4.08. The minimum atomic E-state index is -0.734. The van der Waals surface area contributed by atoms with Gasteiger partial charge in [-0.1, -0.05) is 58.8 Å². The smallest absolute Gasteiger partial charge is 0.306 e. The fourth-order valence-corrected chi connectivity index (χ4v) is 4.12. The second-order valence-corrected chi connectivity index (χ2v) is 7.75. The lowest BCUT2D eigenvalue weighted by Crippen LogP contribution is -2.29. The number of aliphatic carboxylic acids is 2. The Kier molecular flexibility index (Phi) is 9.38. The number of rotatable bonds is 15. The molecular formula is C20H36O4. The molecule has 0 aliphatic heterocycles. The predicted molar refractivity (Wildman–Crippen MR) is 96.1 cm³/mol. The average Bonchev–Trinajstić information content (AvgIpc) is 3.31. The van der Waals surface area contributed by atoms with Crippen molar-refractivity contribution < 1.29 is 19.8 Å². The van der Waals surface area contributed by atoms with Gasteiger partial charge < -0.3 is 10.2 Å². The summed E-state index contributed by atoms with van der Waals surface area (Å²) in [6, 6.07) is 0. The van der Waals surface area contributed by atoms with Gasteiger partial charge in [-0.05, 0) is 43.4 Å². The van der Waals surface area contributed by atoms with E-state index in [0.29, 0.717) is 6.42 Å². The fraction of sp³-hybridized carbons (Fsp3) is 0.900. The number of unbranched alkanes of at least 4 members (excludes halogenated alkanes) is 6. The zero-order valence-corrected chi connectivity index (χ0v) is 15.6. The van der Waals surface area contributed by atoms with E-state index in [2.05, 4.69) is 6.92 Å². The van der Waals surface area contributed by atoms with Gasteiger partial charge in [-0.25, -0.2) is 0 Å². The molecule has 1 aliphatic carbocycles. The van der Waals surface area contributed by atoms with Gasteiger partial charge in [0.25, 0.3) is 0 Å². The maximum absolute atomic E-state index is 11.5. The van der Waals surface area contributed by atoms with Crippen LogP contribution in [-0.4, -0.2) is 22.2 Å². The Morgan fingerprint density at radius 1 is 0.958 bits per heavy atom. The number of carboxylic acid groups (broad SMARTS) is 2. The Hall–Kier alpha value is -1.06. The Labute approximate surface area is 147 Å². The largest absolute Gasteiger partial charge is 0.481 e. The Balaban J connectivity index is 2.46. The van der Waals surface area contributed by atoms with E-state index in [0.717, 1.165) is 38.5 Å². The first-order valence-corrected chi connectivity index (χ1v) is 9.87. The van der Waals surface area contributed by atoms with Gasteiger partial charge in [0, 0.05) is 6.42 Å². The summed E-state index contributed by atoms with van der Waals surface area (Å²) < 4.78 is 0. The van der Waals surface area contributed by atoms with Crippen LogP contribution in [0.4, 0.5) is 0 Å². The Morgan fingerprint density at radius 3 is 2.12 bits per heavy atom. The number of hydrogen-bond donors (Lipinski definition) is 2. The molecule has 4 nitrogen and oxygen atoms in total. The van der Waals surface area contributed by atoms with E-state index < -0.39 is 11.9 Å². The van der Waals surface area contributed by atoms with Crippen molar-refractivity contribution in [1.29, 1.82) is 0 Å². The third kappa shape index (κ3) is 7.23. The first-order chi connectivity index (χ1) is 11.4. The van der Waals surface area contributed by atoms with E-state index in [1.165, 1.54) is 32.1 Å². The molecule has 2 N–H and O–H groups in total. The first kappa shape index (κ1) is 21.0. The molecule has 24 heavy (non-hydrogen) atoms. The lowest BCUT2D eigenvalue weighted by Gasteiger charge is -2.30. The van der Waals surface area contributed by atoms with Crippen molar-refractivity contribution in [2.45, 2.75) is 97.3 Å². The van der Waals surface area contributed by atoms with Crippen molar-refractivity contribution in [2.24, 2.45) is 17.3 Å². The highest BCUT2D eigenvalue weighted by atomic mass is 16.4. The molecule has 140 valence electrons. The van der Waals surface area contributed by atoms with Gasteiger partial charge in [0.05, 0.1) is 5.92 Å². The standard InChI is InChI=1S/C20H36O4/c1-3-4-5-6-7-8-11-17(16(2)19(23)24)20(14-15-20)13-10-9-12-18(21)22/h16-17H,3-15H2,1-2H3,(H,21,22)(H,23,24). The van der Waals surface area contributed by atoms with E-state index in [4.69, 9.17) is 5.11 Å². The summed E-state index contributed by atoms with van der Waals surface area (Å²) in [6.07, 6.45) is 13.5. The van der Waals surface area contributed by atoms with Gasteiger partial charge in [0.15, 0.2) is 0 Å². The van der Waals surface area contributed by atoms with Crippen LogP contribution in [0.5, 0.6) is 0 Å². The first-order valence-electron chi connectivity index (χ1n) is 9.87. The molecule has 1 saturated carbocycles. The number of carboxylic acids is 2. The summed E-state index contributed by atoms with van der Waals surface area (Å²) in [5.41, 5.74) is 0.180. The minimum Gasteiger partial charge on any atom is -0.481 e. The van der Waals surface area contributed by atoms with Crippen LogP contribution < -0.4 is 0 Å². The molecule has 0 aromatic rings. The van der Waals surface area contributed by atoms with Gasteiger partial charge in [-0.2, -0.15) is 0 Å². The molecule has 0 radical (unpaired) electrons. The zero-order valence-electron chi connectivity index (χ0n) is 15.6. The van der Waals surface area contributed by atoms with E-state index in [-0.39, 0.29) is 23.7 Å². The lowest BCUT2D eigenvalue weighted by molar-refractivity contribution is -0.144. The number of carbonyl (C=O) groups is 2. The van der Waals surface area contributed by atoms with Crippen molar-refractivity contribution in [2.75, 3.05) is 0 Å². The van der Waals surface area contributed by atoms with Crippen molar-refractivity contribution in [3.63, 3.8) is 0 Å². The second-order valence-electron chi connectivity index (χ2n) is 7.75. The molecule has 1 rings (SSSR count). The zero-order chi connectivity index (χ0) is 18.0. The summed E-state index contributed by atoms with van der Waals surface area (Å²) in [5, 5.41) is 18.2. The van der Waals surface area contributed by atoms with Gasteiger partial charge in [-0.3, -0.25) is 9.59 Å². The molecule has 0 aromatic carbocycles. The van der Waals surface area contributed by atoms with E-state index in [9.17, 15) is 14.7 Å². The summed E-state index contributed by atoms with van der Waals surface area (Å²) >= 11 is 0. The van der Waals surface area contributed by atoms with Crippen LogP contribution in [0.1, 0.15) is 97.3 Å². The van der Waals surface area contributed by atoms with E-state index in [1.807, 2.05) is 6.92 Å². The van der Waals surface area contributed by atoms with Crippen molar-refractivity contribution in [3.8, 4) is 0 Å². The summed E-state index contributed by atoms with van der Waals surface area (Å²) in [5.74, 6) is -1.45. The quantitative estimate of drug-likeness (QED) is 0.386. The highest BCUT2D eigenvalue weighted by molar-refractivity contribution is 5.70. The van der Waals surface area contributed by atoms with Crippen molar-refractivity contribution in [3.05, 3.63) is 0 Å². The molecule has 1 fully saturated rings.